The molecule has 1 atom stereocenters. The Balaban J connectivity index is 2.12. The fraction of sp³-hybridized carbons (Fsp3) is 0.583. The summed E-state index contributed by atoms with van der Waals surface area (Å²) in [5.74, 6) is 0.790. The van der Waals surface area contributed by atoms with Gasteiger partial charge in [-0.25, -0.2) is 0 Å². The molecule has 1 saturated carbocycles. The molecule has 1 aromatic rings. The summed E-state index contributed by atoms with van der Waals surface area (Å²) in [4.78, 5) is 4.49. The van der Waals surface area contributed by atoms with Gasteiger partial charge in [0, 0.05) is 10.7 Å². The predicted octanol–water partition coefficient (Wildman–Crippen LogP) is 3.29. The van der Waals surface area contributed by atoms with Gasteiger partial charge in [0.25, 0.3) is 0 Å². The molecule has 82 valence electrons. The van der Waals surface area contributed by atoms with Crippen molar-refractivity contribution >= 4 is 15.9 Å². The number of pyridine rings is 1. The second kappa shape index (κ2) is 5.08. The highest BCUT2D eigenvalue weighted by Gasteiger charge is 2.28. The van der Waals surface area contributed by atoms with Gasteiger partial charge in [-0.15, -0.1) is 0 Å². The molecule has 1 heterocycles. The minimum atomic E-state index is 0.455. The van der Waals surface area contributed by atoms with E-state index >= 15 is 0 Å². The Morgan fingerprint density at radius 1 is 1.53 bits per heavy atom. The van der Waals surface area contributed by atoms with Crippen molar-refractivity contribution in [3.05, 3.63) is 28.5 Å². The van der Waals surface area contributed by atoms with E-state index in [0.717, 1.165) is 16.9 Å². The number of halogens is 1. The van der Waals surface area contributed by atoms with E-state index in [0.29, 0.717) is 6.04 Å². The maximum Gasteiger partial charge on any atom is 0.0576 e. The predicted molar refractivity (Wildman–Crippen MR) is 65.7 cm³/mol. The number of aromatic nitrogens is 1. The first kappa shape index (κ1) is 11.1. The van der Waals surface area contributed by atoms with Crippen molar-refractivity contribution in [2.45, 2.75) is 32.2 Å². The monoisotopic (exact) mass is 268 g/mol. The van der Waals surface area contributed by atoms with E-state index in [1.54, 1.807) is 0 Å². The van der Waals surface area contributed by atoms with Crippen molar-refractivity contribution in [3.63, 3.8) is 0 Å². The zero-order valence-electron chi connectivity index (χ0n) is 9.04. The van der Waals surface area contributed by atoms with Gasteiger partial charge in [0.1, 0.15) is 0 Å². The second-order valence-corrected chi connectivity index (χ2v) is 5.04. The van der Waals surface area contributed by atoms with Gasteiger partial charge >= 0.3 is 0 Å². The average Bonchev–Trinajstić information content (AvgIpc) is 2.16. The van der Waals surface area contributed by atoms with Crippen LogP contribution in [0.1, 0.15) is 37.9 Å². The lowest BCUT2D eigenvalue weighted by molar-refractivity contribution is 0.229. The van der Waals surface area contributed by atoms with E-state index in [2.05, 4.69) is 45.3 Å². The molecular formula is C12H17BrN2. The Morgan fingerprint density at radius 2 is 2.33 bits per heavy atom. The van der Waals surface area contributed by atoms with Crippen LogP contribution >= 0.6 is 15.9 Å². The molecule has 0 bridgehead atoms. The van der Waals surface area contributed by atoms with Crippen LogP contribution in [0.3, 0.4) is 0 Å². The normalized spacial score (nSPS) is 18.5. The van der Waals surface area contributed by atoms with Crippen LogP contribution in [-0.4, -0.2) is 11.5 Å². The van der Waals surface area contributed by atoms with Crippen LogP contribution in [0.15, 0.2) is 22.8 Å². The minimum Gasteiger partial charge on any atom is -0.309 e. The molecule has 1 fully saturated rings. The molecule has 0 radical (unpaired) electrons. The first-order valence-electron chi connectivity index (χ1n) is 5.66. The summed E-state index contributed by atoms with van der Waals surface area (Å²) in [6, 6.07) is 4.65. The van der Waals surface area contributed by atoms with Crippen LogP contribution in [0.25, 0.3) is 0 Å². The number of nitrogens with one attached hydrogen (secondary N) is 1. The van der Waals surface area contributed by atoms with Crippen molar-refractivity contribution < 1.29 is 0 Å². The van der Waals surface area contributed by atoms with E-state index in [1.165, 1.54) is 25.0 Å². The third-order valence-electron chi connectivity index (χ3n) is 3.11. The van der Waals surface area contributed by atoms with Gasteiger partial charge in [-0.05, 0) is 53.4 Å². The molecular weight excluding hydrogens is 252 g/mol. The van der Waals surface area contributed by atoms with Crippen molar-refractivity contribution in [2.24, 2.45) is 5.92 Å². The molecule has 0 aliphatic heterocycles. The first-order chi connectivity index (χ1) is 7.31. The van der Waals surface area contributed by atoms with Crippen molar-refractivity contribution in [2.75, 3.05) is 6.54 Å². The van der Waals surface area contributed by atoms with Gasteiger partial charge in [-0.3, -0.25) is 4.98 Å². The van der Waals surface area contributed by atoms with Gasteiger partial charge in [0.2, 0.25) is 0 Å². The number of rotatable bonds is 4. The zero-order chi connectivity index (χ0) is 10.7. The van der Waals surface area contributed by atoms with Crippen LogP contribution in [0.5, 0.6) is 0 Å². The fourth-order valence-electron chi connectivity index (χ4n) is 2.08. The molecule has 0 saturated heterocycles. The van der Waals surface area contributed by atoms with Gasteiger partial charge in [0.15, 0.2) is 0 Å². The lowest BCUT2D eigenvalue weighted by atomic mass is 9.78. The lowest BCUT2D eigenvalue weighted by Crippen LogP contribution is -2.32. The standard InChI is InChI=1S/C12H17BrN2/c1-2-14-12(9-4-3-5-9)11-7-6-10(13)8-15-11/h6-9,12,14H,2-5H2,1H3. The Bertz CT molecular complexity index is 306. The van der Waals surface area contributed by atoms with Gasteiger partial charge < -0.3 is 5.32 Å². The second-order valence-electron chi connectivity index (χ2n) is 4.13. The molecule has 0 spiro atoms. The number of hydrogen-bond donors (Lipinski definition) is 1. The Morgan fingerprint density at radius 3 is 2.80 bits per heavy atom. The highest BCUT2D eigenvalue weighted by atomic mass is 79.9. The molecule has 1 aliphatic rings. The molecule has 1 aliphatic carbocycles. The van der Waals surface area contributed by atoms with Crippen molar-refractivity contribution in [1.29, 1.82) is 0 Å². The third kappa shape index (κ3) is 2.58. The van der Waals surface area contributed by atoms with Crippen LogP contribution in [0, 0.1) is 5.92 Å². The molecule has 3 heteroatoms. The molecule has 2 rings (SSSR count). The average molecular weight is 269 g/mol. The van der Waals surface area contributed by atoms with E-state index in [9.17, 15) is 0 Å². The summed E-state index contributed by atoms with van der Waals surface area (Å²) in [6.45, 7) is 3.17. The van der Waals surface area contributed by atoms with Gasteiger partial charge in [-0.2, -0.15) is 0 Å². The quantitative estimate of drug-likeness (QED) is 0.907. The van der Waals surface area contributed by atoms with E-state index in [1.807, 2.05) is 6.20 Å². The Kier molecular flexibility index (Phi) is 3.76. The molecule has 1 N–H and O–H groups in total. The largest absolute Gasteiger partial charge is 0.309 e. The van der Waals surface area contributed by atoms with Crippen molar-refractivity contribution in [3.8, 4) is 0 Å². The van der Waals surface area contributed by atoms with Gasteiger partial charge in [-0.1, -0.05) is 13.3 Å². The third-order valence-corrected chi connectivity index (χ3v) is 3.58. The van der Waals surface area contributed by atoms with Crippen LogP contribution in [0.4, 0.5) is 0 Å². The van der Waals surface area contributed by atoms with Crippen LogP contribution in [0.2, 0.25) is 0 Å². The van der Waals surface area contributed by atoms with Crippen molar-refractivity contribution in [1.82, 2.24) is 10.3 Å². The topological polar surface area (TPSA) is 24.9 Å². The maximum atomic E-state index is 4.49. The van der Waals surface area contributed by atoms with Crippen LogP contribution in [-0.2, 0) is 0 Å². The number of nitrogens with zero attached hydrogens (tertiary/aromatic N) is 1. The van der Waals surface area contributed by atoms with Gasteiger partial charge in [0.05, 0.1) is 11.7 Å². The fourth-order valence-corrected chi connectivity index (χ4v) is 2.31. The molecule has 0 amide bonds. The molecule has 1 unspecified atom stereocenters. The van der Waals surface area contributed by atoms with E-state index < -0.39 is 0 Å². The Hall–Kier alpha value is -0.410. The molecule has 1 aromatic heterocycles. The van der Waals surface area contributed by atoms with E-state index in [-0.39, 0.29) is 0 Å². The summed E-state index contributed by atoms with van der Waals surface area (Å²) >= 11 is 3.42. The summed E-state index contributed by atoms with van der Waals surface area (Å²) in [7, 11) is 0. The Labute approximate surface area is 99.6 Å². The van der Waals surface area contributed by atoms with E-state index in [4.69, 9.17) is 0 Å². The smallest absolute Gasteiger partial charge is 0.0576 e. The summed E-state index contributed by atoms with van der Waals surface area (Å²) in [5, 5.41) is 3.54. The zero-order valence-corrected chi connectivity index (χ0v) is 10.6. The molecule has 15 heavy (non-hydrogen) atoms. The maximum absolute atomic E-state index is 4.49. The summed E-state index contributed by atoms with van der Waals surface area (Å²) < 4.78 is 1.05. The summed E-state index contributed by atoms with van der Waals surface area (Å²) in [6.07, 6.45) is 5.95. The van der Waals surface area contributed by atoms with Crippen LogP contribution < -0.4 is 5.32 Å². The highest BCUT2D eigenvalue weighted by Crippen LogP contribution is 2.37. The molecule has 0 aromatic carbocycles. The highest BCUT2D eigenvalue weighted by molar-refractivity contribution is 9.10. The first-order valence-corrected chi connectivity index (χ1v) is 6.45. The molecule has 2 nitrogen and oxygen atoms in total. The lowest BCUT2D eigenvalue weighted by Gasteiger charge is -2.33. The SMILES string of the molecule is CCNC(c1ccc(Br)cn1)C1CCC1. The summed E-state index contributed by atoms with van der Waals surface area (Å²) in [5.41, 5.74) is 1.18. The minimum absolute atomic E-state index is 0.455. The number of hydrogen-bond acceptors (Lipinski definition) is 2.